The van der Waals surface area contributed by atoms with E-state index in [4.69, 9.17) is 5.11 Å². The number of nitrogens with zero attached hydrogens (tertiary/aromatic N) is 1. The summed E-state index contributed by atoms with van der Waals surface area (Å²) in [4.78, 5) is 15.4. The van der Waals surface area contributed by atoms with Gasteiger partial charge in [0.2, 0.25) is 0 Å². The van der Waals surface area contributed by atoms with Crippen molar-refractivity contribution >= 4 is 16.9 Å². The van der Waals surface area contributed by atoms with Gasteiger partial charge in [-0.05, 0) is 48.9 Å². The van der Waals surface area contributed by atoms with Crippen LogP contribution in [0.25, 0.3) is 22.0 Å². The number of hydrogen-bond acceptors (Lipinski definition) is 2. The lowest BCUT2D eigenvalue weighted by Crippen LogP contribution is -1.98. The lowest BCUT2D eigenvalue weighted by atomic mass is 9.98. The second kappa shape index (κ2) is 5.18. The largest absolute Gasteiger partial charge is 0.478 e. The monoisotopic (exact) mass is 299 g/mol. The maximum absolute atomic E-state index is 14.1. The van der Waals surface area contributed by atoms with Gasteiger partial charge < -0.3 is 5.11 Å². The fraction of sp³-hybridized carbons (Fsp3) is 0.0588. The Morgan fingerprint density at radius 3 is 2.50 bits per heavy atom. The van der Waals surface area contributed by atoms with E-state index in [1.165, 1.54) is 24.3 Å². The fourth-order valence-corrected chi connectivity index (χ4v) is 2.42. The maximum atomic E-state index is 14.1. The summed E-state index contributed by atoms with van der Waals surface area (Å²) in [5, 5.41) is 9.62. The van der Waals surface area contributed by atoms with Crippen LogP contribution in [0.3, 0.4) is 0 Å². The van der Waals surface area contributed by atoms with Crippen LogP contribution in [-0.4, -0.2) is 16.1 Å². The predicted octanol–water partition coefficient (Wildman–Crippen LogP) is 4.19. The van der Waals surface area contributed by atoms with E-state index in [0.29, 0.717) is 22.2 Å². The molecule has 22 heavy (non-hydrogen) atoms. The lowest BCUT2D eigenvalue weighted by molar-refractivity contribution is 0.0697. The molecule has 0 atom stereocenters. The molecule has 0 amide bonds. The second-order valence-electron chi connectivity index (χ2n) is 4.97. The van der Waals surface area contributed by atoms with Crippen molar-refractivity contribution in [1.82, 2.24) is 4.98 Å². The van der Waals surface area contributed by atoms with Gasteiger partial charge in [-0.25, -0.2) is 13.6 Å². The van der Waals surface area contributed by atoms with Gasteiger partial charge in [0.1, 0.15) is 11.6 Å². The topological polar surface area (TPSA) is 50.2 Å². The molecule has 2 aromatic carbocycles. The summed E-state index contributed by atoms with van der Waals surface area (Å²) < 4.78 is 27.2. The van der Waals surface area contributed by atoms with Crippen molar-refractivity contribution in [3.05, 3.63) is 65.4 Å². The van der Waals surface area contributed by atoms with E-state index >= 15 is 0 Å². The summed E-state index contributed by atoms with van der Waals surface area (Å²) in [5.41, 5.74) is 2.00. The smallest absolute Gasteiger partial charge is 0.335 e. The number of halogens is 2. The summed E-state index contributed by atoms with van der Waals surface area (Å²) in [7, 11) is 0. The van der Waals surface area contributed by atoms with E-state index in [2.05, 4.69) is 4.98 Å². The zero-order valence-corrected chi connectivity index (χ0v) is 11.6. The van der Waals surface area contributed by atoms with E-state index in [1.807, 2.05) is 0 Å². The predicted molar refractivity (Wildman–Crippen MR) is 78.8 cm³/mol. The number of carbonyl (C=O) groups is 1. The molecule has 0 bridgehead atoms. The van der Waals surface area contributed by atoms with Crippen molar-refractivity contribution in [3.8, 4) is 11.1 Å². The molecule has 0 aliphatic carbocycles. The summed E-state index contributed by atoms with van der Waals surface area (Å²) >= 11 is 0. The summed E-state index contributed by atoms with van der Waals surface area (Å²) in [6.07, 6.45) is 0. The van der Waals surface area contributed by atoms with Gasteiger partial charge >= 0.3 is 5.97 Å². The van der Waals surface area contributed by atoms with Gasteiger partial charge in [-0.3, -0.25) is 4.98 Å². The molecule has 0 spiro atoms. The number of fused-ring (bicyclic) bond motifs is 1. The summed E-state index contributed by atoms with van der Waals surface area (Å²) in [6, 6.07) is 9.44. The third kappa shape index (κ3) is 2.41. The molecule has 0 aliphatic rings. The normalized spacial score (nSPS) is 10.9. The van der Waals surface area contributed by atoms with E-state index in [0.717, 1.165) is 6.07 Å². The number of hydrogen-bond donors (Lipinski definition) is 1. The van der Waals surface area contributed by atoms with Crippen molar-refractivity contribution in [1.29, 1.82) is 0 Å². The van der Waals surface area contributed by atoms with Crippen LogP contribution >= 0.6 is 0 Å². The Kier molecular flexibility index (Phi) is 3.33. The van der Waals surface area contributed by atoms with Crippen LogP contribution in [0.15, 0.2) is 42.5 Å². The quantitative estimate of drug-likeness (QED) is 0.772. The highest BCUT2D eigenvalue weighted by atomic mass is 19.1. The molecule has 3 aromatic rings. The van der Waals surface area contributed by atoms with Crippen LogP contribution in [0.1, 0.15) is 16.1 Å². The number of rotatable bonds is 2. The van der Waals surface area contributed by atoms with E-state index in [-0.39, 0.29) is 11.1 Å². The Morgan fingerprint density at radius 1 is 1.05 bits per heavy atom. The maximum Gasteiger partial charge on any atom is 0.335 e. The SMILES string of the molecule is Cc1cc(-c2ccc(F)cc2F)c2cc(C(=O)O)ccc2n1. The van der Waals surface area contributed by atoms with Gasteiger partial charge in [0.05, 0.1) is 11.1 Å². The van der Waals surface area contributed by atoms with Gasteiger partial charge in [0.15, 0.2) is 0 Å². The fourth-order valence-electron chi connectivity index (χ4n) is 2.42. The van der Waals surface area contributed by atoms with Crippen LogP contribution in [0.5, 0.6) is 0 Å². The van der Waals surface area contributed by atoms with Gasteiger partial charge in [-0.1, -0.05) is 0 Å². The highest BCUT2D eigenvalue weighted by Crippen LogP contribution is 2.31. The number of carboxylic acid groups (broad SMARTS) is 1. The average Bonchev–Trinajstić information content (AvgIpc) is 2.46. The molecule has 3 nitrogen and oxygen atoms in total. The first-order valence-electron chi connectivity index (χ1n) is 6.56. The van der Waals surface area contributed by atoms with Crippen molar-refractivity contribution in [2.24, 2.45) is 0 Å². The average molecular weight is 299 g/mol. The Bertz CT molecular complexity index is 907. The Labute approximate surface area is 124 Å². The molecule has 3 rings (SSSR count). The van der Waals surface area contributed by atoms with Gasteiger partial charge in [0, 0.05) is 22.7 Å². The molecule has 0 saturated heterocycles. The van der Waals surface area contributed by atoms with Crippen LogP contribution in [-0.2, 0) is 0 Å². The zero-order valence-electron chi connectivity index (χ0n) is 11.6. The molecule has 1 N–H and O–H groups in total. The molecule has 1 aromatic heterocycles. The second-order valence-corrected chi connectivity index (χ2v) is 4.97. The Hall–Kier alpha value is -2.82. The molecule has 0 radical (unpaired) electrons. The van der Waals surface area contributed by atoms with Crippen molar-refractivity contribution in [3.63, 3.8) is 0 Å². The molecule has 110 valence electrons. The molecular weight excluding hydrogens is 288 g/mol. The minimum absolute atomic E-state index is 0.0851. The Balaban J connectivity index is 2.36. The molecule has 0 aliphatic heterocycles. The number of aryl methyl sites for hydroxylation is 1. The molecule has 0 fully saturated rings. The standard InChI is InChI=1S/C17H11F2NO2/c1-9-6-13(12-4-3-11(18)8-15(12)19)14-7-10(17(21)22)2-5-16(14)20-9/h2-8H,1H3,(H,21,22). The number of aromatic carboxylic acids is 1. The first-order chi connectivity index (χ1) is 10.5. The highest BCUT2D eigenvalue weighted by Gasteiger charge is 2.13. The molecule has 0 unspecified atom stereocenters. The van der Waals surface area contributed by atoms with E-state index < -0.39 is 17.6 Å². The van der Waals surface area contributed by atoms with Crippen LogP contribution in [0.4, 0.5) is 8.78 Å². The first kappa shape index (κ1) is 14.1. The van der Waals surface area contributed by atoms with Gasteiger partial charge in [0.25, 0.3) is 0 Å². The van der Waals surface area contributed by atoms with E-state index in [1.54, 1.807) is 19.1 Å². The number of pyridine rings is 1. The molecule has 5 heteroatoms. The van der Waals surface area contributed by atoms with Crippen LogP contribution < -0.4 is 0 Å². The highest BCUT2D eigenvalue weighted by molar-refractivity contribution is 6.00. The number of carboxylic acids is 1. The van der Waals surface area contributed by atoms with Crippen LogP contribution in [0.2, 0.25) is 0 Å². The van der Waals surface area contributed by atoms with Crippen molar-refractivity contribution in [2.75, 3.05) is 0 Å². The molecule has 0 saturated carbocycles. The number of aromatic nitrogens is 1. The number of benzene rings is 2. The minimum Gasteiger partial charge on any atom is -0.478 e. The third-order valence-corrected chi connectivity index (χ3v) is 3.41. The minimum atomic E-state index is -1.08. The van der Waals surface area contributed by atoms with Crippen molar-refractivity contribution in [2.45, 2.75) is 6.92 Å². The molecular formula is C17H11F2NO2. The third-order valence-electron chi connectivity index (χ3n) is 3.41. The molecule has 1 heterocycles. The van der Waals surface area contributed by atoms with Gasteiger partial charge in [-0.15, -0.1) is 0 Å². The zero-order chi connectivity index (χ0) is 15.9. The van der Waals surface area contributed by atoms with Crippen LogP contribution in [0, 0.1) is 18.6 Å². The summed E-state index contributed by atoms with van der Waals surface area (Å²) in [6.45, 7) is 1.76. The lowest BCUT2D eigenvalue weighted by Gasteiger charge is -2.10. The van der Waals surface area contributed by atoms with Gasteiger partial charge in [-0.2, -0.15) is 0 Å². The van der Waals surface area contributed by atoms with Crippen molar-refractivity contribution < 1.29 is 18.7 Å². The van der Waals surface area contributed by atoms with E-state index in [9.17, 15) is 13.6 Å². The Morgan fingerprint density at radius 2 is 1.82 bits per heavy atom. The first-order valence-corrected chi connectivity index (χ1v) is 6.56. The summed E-state index contributed by atoms with van der Waals surface area (Å²) in [5.74, 6) is -2.44.